The molecule has 21 heavy (non-hydrogen) atoms. The number of nitrogens with one attached hydrogen (secondary N) is 1. The minimum absolute atomic E-state index is 0.0145. The lowest BCUT2D eigenvalue weighted by atomic mass is 10.1. The average molecular weight is 338 g/mol. The van der Waals surface area contributed by atoms with Crippen molar-refractivity contribution in [3.8, 4) is 0 Å². The summed E-state index contributed by atoms with van der Waals surface area (Å²) >= 11 is 6.86. The van der Waals surface area contributed by atoms with Crippen LogP contribution in [-0.2, 0) is 12.7 Å². The molecule has 0 atom stereocenters. The number of nitrogens with zero attached hydrogens (tertiary/aromatic N) is 2. The molecule has 0 spiro atoms. The van der Waals surface area contributed by atoms with Gasteiger partial charge in [-0.2, -0.15) is 13.2 Å². The van der Waals surface area contributed by atoms with Crippen molar-refractivity contribution in [3.05, 3.63) is 49.4 Å². The van der Waals surface area contributed by atoms with Crippen LogP contribution in [0.25, 0.3) is 0 Å². The maximum Gasteiger partial charge on any atom is 0.416 e. The van der Waals surface area contributed by atoms with Crippen molar-refractivity contribution in [2.24, 2.45) is 0 Å². The zero-order valence-corrected chi connectivity index (χ0v) is 11.7. The summed E-state index contributed by atoms with van der Waals surface area (Å²) in [6, 6.07) is 2.30. The first kappa shape index (κ1) is 15.5. The van der Waals surface area contributed by atoms with Gasteiger partial charge in [0.1, 0.15) is 15.0 Å². The predicted molar refractivity (Wildman–Crippen MR) is 72.5 cm³/mol. The van der Waals surface area contributed by atoms with E-state index in [0.29, 0.717) is 15.4 Å². The van der Waals surface area contributed by atoms with E-state index in [1.54, 1.807) is 0 Å². The molecule has 2 aromatic rings. The summed E-state index contributed by atoms with van der Waals surface area (Å²) in [5.74, 6) is 0. The first-order valence-corrected chi connectivity index (χ1v) is 6.66. The molecule has 0 aliphatic rings. The Hall–Kier alpha value is -1.87. The third-order valence-electron chi connectivity index (χ3n) is 2.48. The van der Waals surface area contributed by atoms with Crippen molar-refractivity contribution < 1.29 is 18.1 Å². The number of anilines is 1. The zero-order chi connectivity index (χ0) is 15.6. The molecule has 5 nitrogen and oxygen atoms in total. The quantitative estimate of drug-likeness (QED) is 0.665. The number of benzene rings is 1. The third-order valence-corrected chi connectivity index (χ3v) is 3.59. The zero-order valence-electron chi connectivity index (χ0n) is 10.1. The van der Waals surface area contributed by atoms with Crippen LogP contribution >= 0.6 is 22.9 Å². The number of rotatable bonds is 4. The highest BCUT2D eigenvalue weighted by Crippen LogP contribution is 2.35. The van der Waals surface area contributed by atoms with E-state index in [-0.39, 0.29) is 12.2 Å². The lowest BCUT2D eigenvalue weighted by Crippen LogP contribution is -2.08. The van der Waals surface area contributed by atoms with Crippen LogP contribution in [-0.4, -0.2) is 9.91 Å². The molecule has 0 radical (unpaired) electrons. The second kappa shape index (κ2) is 5.86. The Labute approximate surface area is 125 Å². The fourth-order valence-corrected chi connectivity index (χ4v) is 2.45. The minimum Gasteiger partial charge on any atom is -0.373 e. The molecule has 1 N–H and O–H groups in total. The van der Waals surface area contributed by atoms with Gasteiger partial charge < -0.3 is 5.32 Å². The van der Waals surface area contributed by atoms with Gasteiger partial charge in [-0.05, 0) is 12.1 Å². The van der Waals surface area contributed by atoms with Gasteiger partial charge in [-0.3, -0.25) is 10.1 Å². The van der Waals surface area contributed by atoms with Gasteiger partial charge in [0, 0.05) is 6.07 Å². The molecule has 2 rings (SSSR count). The number of halogens is 4. The van der Waals surface area contributed by atoms with Gasteiger partial charge >= 0.3 is 6.18 Å². The van der Waals surface area contributed by atoms with Crippen molar-refractivity contribution in [2.75, 3.05) is 5.32 Å². The van der Waals surface area contributed by atoms with E-state index in [0.717, 1.165) is 12.1 Å². The van der Waals surface area contributed by atoms with Gasteiger partial charge in [-0.15, -0.1) is 11.3 Å². The van der Waals surface area contributed by atoms with Gasteiger partial charge in [-0.1, -0.05) is 11.6 Å². The number of alkyl halides is 3. The highest BCUT2D eigenvalue weighted by Gasteiger charge is 2.33. The molecule has 0 unspecified atom stereocenters. The molecular formula is C11H7ClF3N3O2S. The SMILES string of the molecule is O=[N+]([O-])c1cc(C(F)(F)F)ccc1NCc1ncc(Cl)s1. The van der Waals surface area contributed by atoms with Gasteiger partial charge in [0.2, 0.25) is 0 Å². The second-order valence-corrected chi connectivity index (χ2v) is 5.64. The topological polar surface area (TPSA) is 68.1 Å². The summed E-state index contributed by atoms with van der Waals surface area (Å²) in [5.41, 5.74) is -1.73. The lowest BCUT2D eigenvalue weighted by molar-refractivity contribution is -0.384. The van der Waals surface area contributed by atoms with Crippen LogP contribution in [0.15, 0.2) is 24.4 Å². The fourth-order valence-electron chi connectivity index (χ4n) is 1.55. The normalized spacial score (nSPS) is 11.4. The lowest BCUT2D eigenvalue weighted by Gasteiger charge is -2.09. The van der Waals surface area contributed by atoms with Crippen molar-refractivity contribution >= 4 is 34.3 Å². The van der Waals surface area contributed by atoms with E-state index in [1.165, 1.54) is 17.5 Å². The van der Waals surface area contributed by atoms with Gasteiger partial charge in [0.05, 0.1) is 23.2 Å². The smallest absolute Gasteiger partial charge is 0.373 e. The number of hydrogen-bond acceptors (Lipinski definition) is 5. The number of aromatic nitrogens is 1. The van der Waals surface area contributed by atoms with Gasteiger partial charge in [-0.25, -0.2) is 4.98 Å². The molecule has 0 bridgehead atoms. The number of nitro groups is 1. The van der Waals surface area contributed by atoms with E-state index in [9.17, 15) is 23.3 Å². The molecule has 1 aromatic carbocycles. The molecule has 0 amide bonds. The molecule has 10 heteroatoms. The Morgan fingerprint density at radius 2 is 2.14 bits per heavy atom. The Morgan fingerprint density at radius 1 is 1.43 bits per heavy atom. The molecule has 0 saturated heterocycles. The minimum atomic E-state index is -4.63. The Balaban J connectivity index is 2.24. The van der Waals surface area contributed by atoms with Crippen molar-refractivity contribution in [2.45, 2.75) is 12.7 Å². The van der Waals surface area contributed by atoms with E-state index < -0.39 is 22.4 Å². The molecule has 0 saturated carbocycles. The average Bonchev–Trinajstić information content (AvgIpc) is 2.80. The van der Waals surface area contributed by atoms with E-state index in [4.69, 9.17) is 11.6 Å². The van der Waals surface area contributed by atoms with E-state index >= 15 is 0 Å². The Morgan fingerprint density at radius 3 is 2.67 bits per heavy atom. The maximum absolute atomic E-state index is 12.6. The van der Waals surface area contributed by atoms with Crippen molar-refractivity contribution in [3.63, 3.8) is 0 Å². The highest BCUT2D eigenvalue weighted by molar-refractivity contribution is 7.15. The van der Waals surface area contributed by atoms with Crippen LogP contribution in [0.4, 0.5) is 24.5 Å². The number of nitro benzene ring substituents is 1. The largest absolute Gasteiger partial charge is 0.416 e. The van der Waals surface area contributed by atoms with Crippen LogP contribution < -0.4 is 5.32 Å². The van der Waals surface area contributed by atoms with Crippen molar-refractivity contribution in [1.29, 1.82) is 0 Å². The number of hydrogen-bond donors (Lipinski definition) is 1. The summed E-state index contributed by atoms with van der Waals surface area (Å²) in [6.07, 6.45) is -3.21. The van der Waals surface area contributed by atoms with Crippen LogP contribution in [0.3, 0.4) is 0 Å². The molecule has 112 valence electrons. The molecule has 1 heterocycles. The Kier molecular flexibility index (Phi) is 4.33. The summed E-state index contributed by atoms with van der Waals surface area (Å²) < 4.78 is 38.1. The van der Waals surface area contributed by atoms with Gasteiger partial charge in [0.25, 0.3) is 5.69 Å². The summed E-state index contributed by atoms with van der Waals surface area (Å²) in [5, 5.41) is 14.1. The molecule has 0 aliphatic carbocycles. The van der Waals surface area contributed by atoms with E-state index in [1.807, 2.05) is 0 Å². The molecule has 0 fully saturated rings. The fraction of sp³-hybridized carbons (Fsp3) is 0.182. The third kappa shape index (κ3) is 3.82. The van der Waals surface area contributed by atoms with Crippen LogP contribution in [0.5, 0.6) is 0 Å². The monoisotopic (exact) mass is 337 g/mol. The summed E-state index contributed by atoms with van der Waals surface area (Å²) in [6.45, 7) is 0.129. The standard InChI is InChI=1S/C11H7ClF3N3O2S/c12-9-4-17-10(21-9)5-16-7-2-1-6(11(13,14)15)3-8(7)18(19)20/h1-4,16H,5H2. The molecular weight excluding hydrogens is 331 g/mol. The van der Waals surface area contributed by atoms with Gasteiger partial charge in [0.15, 0.2) is 0 Å². The Bertz CT molecular complexity index is 675. The number of thiazole rings is 1. The van der Waals surface area contributed by atoms with Crippen LogP contribution in [0, 0.1) is 10.1 Å². The molecule has 0 aliphatic heterocycles. The second-order valence-electron chi connectivity index (χ2n) is 3.90. The van der Waals surface area contributed by atoms with Crippen molar-refractivity contribution in [1.82, 2.24) is 4.98 Å². The van der Waals surface area contributed by atoms with Crippen LogP contribution in [0.1, 0.15) is 10.6 Å². The van der Waals surface area contributed by atoms with Crippen LogP contribution in [0.2, 0.25) is 4.34 Å². The maximum atomic E-state index is 12.6. The summed E-state index contributed by atoms with van der Waals surface area (Å²) in [7, 11) is 0. The first-order chi connectivity index (χ1) is 9.77. The predicted octanol–water partition coefficient (Wildman–Crippen LogP) is 4.34. The summed E-state index contributed by atoms with van der Waals surface area (Å²) in [4.78, 5) is 13.9. The highest BCUT2D eigenvalue weighted by atomic mass is 35.5. The first-order valence-electron chi connectivity index (χ1n) is 5.47. The molecule has 1 aromatic heterocycles. The van der Waals surface area contributed by atoms with E-state index in [2.05, 4.69) is 10.3 Å².